The molecule has 1 atom stereocenters. The summed E-state index contributed by atoms with van der Waals surface area (Å²) in [7, 11) is 1.52. The molecule has 0 aromatic carbocycles. The summed E-state index contributed by atoms with van der Waals surface area (Å²) in [5.74, 6) is -0.0993. The Morgan fingerprint density at radius 1 is 1.77 bits per heavy atom. The van der Waals surface area contributed by atoms with Gasteiger partial charge in [0.2, 0.25) is 6.41 Å². The number of carbonyl (C=O) groups is 1. The van der Waals surface area contributed by atoms with Gasteiger partial charge in [0.1, 0.15) is 12.1 Å². The van der Waals surface area contributed by atoms with Crippen LogP contribution < -0.4 is 5.73 Å². The van der Waals surface area contributed by atoms with Gasteiger partial charge >= 0.3 is 0 Å². The molecule has 74 valence electrons. The van der Waals surface area contributed by atoms with E-state index in [0.717, 1.165) is 0 Å². The van der Waals surface area contributed by atoms with E-state index in [-0.39, 0.29) is 12.1 Å². The maximum absolute atomic E-state index is 10.6. The maximum Gasteiger partial charge on any atom is 0.215 e. The second-order valence-electron chi connectivity index (χ2n) is 2.42. The molecular weight excluding hydrogens is 170 g/mol. The highest BCUT2D eigenvalue weighted by molar-refractivity contribution is 5.88. The molecule has 0 rings (SSSR count). The zero-order chi connectivity index (χ0) is 10.3. The second-order valence-corrected chi connectivity index (χ2v) is 2.42. The summed E-state index contributed by atoms with van der Waals surface area (Å²) >= 11 is 0. The van der Waals surface area contributed by atoms with Gasteiger partial charge in [-0.3, -0.25) is 15.1 Å². The Bertz CT molecular complexity index is 200. The van der Waals surface area contributed by atoms with Crippen LogP contribution in [0.5, 0.6) is 0 Å². The van der Waals surface area contributed by atoms with Crippen molar-refractivity contribution in [2.75, 3.05) is 7.11 Å². The fourth-order valence-electron chi connectivity index (χ4n) is 0.865. The summed E-state index contributed by atoms with van der Waals surface area (Å²) in [5, 5.41) is 6.93. The summed E-state index contributed by atoms with van der Waals surface area (Å²) in [5.41, 5.74) is 5.09. The number of ether oxygens (including phenoxy) is 1. The number of nitrogens with zero attached hydrogens (tertiary/aromatic N) is 1. The SMILES string of the molecule is CCC(OC)N(C=O)/C=C\C(=N)N. The number of hydrogen-bond acceptors (Lipinski definition) is 3. The zero-order valence-corrected chi connectivity index (χ0v) is 7.86. The second kappa shape index (κ2) is 6.19. The van der Waals surface area contributed by atoms with Crippen LogP contribution in [-0.2, 0) is 9.53 Å². The lowest BCUT2D eigenvalue weighted by atomic mass is 10.4. The first-order valence-electron chi connectivity index (χ1n) is 3.93. The number of amidine groups is 1. The van der Waals surface area contributed by atoms with E-state index < -0.39 is 0 Å². The standard InChI is InChI=1S/C8H15N3O2/c1-3-8(13-2)11(6-12)5-4-7(9)10/h4-6,8H,3H2,1-2H3,(H3,9,10)/b5-4-. The third-order valence-corrected chi connectivity index (χ3v) is 1.50. The van der Waals surface area contributed by atoms with Gasteiger partial charge in [-0.15, -0.1) is 0 Å². The topological polar surface area (TPSA) is 79.4 Å². The van der Waals surface area contributed by atoms with Crippen molar-refractivity contribution >= 4 is 12.2 Å². The van der Waals surface area contributed by atoms with E-state index in [1.54, 1.807) is 0 Å². The van der Waals surface area contributed by atoms with E-state index >= 15 is 0 Å². The third kappa shape index (κ3) is 4.27. The highest BCUT2D eigenvalue weighted by atomic mass is 16.5. The van der Waals surface area contributed by atoms with Gasteiger partial charge in [-0.25, -0.2) is 0 Å². The van der Waals surface area contributed by atoms with Crippen molar-refractivity contribution in [3.63, 3.8) is 0 Å². The van der Waals surface area contributed by atoms with E-state index in [2.05, 4.69) is 0 Å². The van der Waals surface area contributed by atoms with Crippen LogP contribution in [0, 0.1) is 5.41 Å². The number of nitrogens with one attached hydrogen (secondary N) is 1. The molecule has 0 saturated carbocycles. The molecule has 0 bridgehead atoms. The first-order chi connectivity index (χ1) is 6.15. The van der Waals surface area contributed by atoms with Crippen LogP contribution in [0.3, 0.4) is 0 Å². The van der Waals surface area contributed by atoms with Crippen molar-refractivity contribution in [3.05, 3.63) is 12.3 Å². The molecule has 1 amide bonds. The van der Waals surface area contributed by atoms with Crippen molar-refractivity contribution in [2.24, 2.45) is 5.73 Å². The Labute approximate surface area is 77.7 Å². The Hall–Kier alpha value is -1.36. The third-order valence-electron chi connectivity index (χ3n) is 1.50. The predicted molar refractivity (Wildman–Crippen MR) is 50.0 cm³/mol. The molecule has 0 fully saturated rings. The number of amides is 1. The Morgan fingerprint density at radius 2 is 2.38 bits per heavy atom. The van der Waals surface area contributed by atoms with Gasteiger partial charge in [0.05, 0.1) is 0 Å². The lowest BCUT2D eigenvalue weighted by Gasteiger charge is -2.21. The molecule has 0 aromatic rings. The van der Waals surface area contributed by atoms with E-state index in [1.165, 1.54) is 24.3 Å². The summed E-state index contributed by atoms with van der Waals surface area (Å²) < 4.78 is 5.02. The molecule has 5 heteroatoms. The van der Waals surface area contributed by atoms with Gasteiger partial charge in [0, 0.05) is 13.3 Å². The molecule has 0 aromatic heterocycles. The van der Waals surface area contributed by atoms with Crippen molar-refractivity contribution < 1.29 is 9.53 Å². The number of methoxy groups -OCH3 is 1. The van der Waals surface area contributed by atoms with Gasteiger partial charge in [-0.1, -0.05) is 6.92 Å². The Kier molecular flexibility index (Phi) is 5.54. The molecule has 0 heterocycles. The minimum Gasteiger partial charge on any atom is -0.384 e. The van der Waals surface area contributed by atoms with Crippen molar-refractivity contribution in [1.82, 2.24) is 4.90 Å². The molecule has 0 aliphatic rings. The van der Waals surface area contributed by atoms with Crippen LogP contribution in [0.25, 0.3) is 0 Å². The van der Waals surface area contributed by atoms with E-state index in [4.69, 9.17) is 15.9 Å². The normalized spacial score (nSPS) is 12.8. The summed E-state index contributed by atoms with van der Waals surface area (Å²) in [6.07, 6.45) is 3.77. The summed E-state index contributed by atoms with van der Waals surface area (Å²) in [4.78, 5) is 11.9. The van der Waals surface area contributed by atoms with Gasteiger partial charge in [-0.05, 0) is 12.5 Å². The van der Waals surface area contributed by atoms with Gasteiger partial charge in [0.25, 0.3) is 0 Å². The lowest BCUT2D eigenvalue weighted by Crippen LogP contribution is -2.30. The number of rotatable bonds is 6. The quantitative estimate of drug-likeness (QED) is 0.270. The highest BCUT2D eigenvalue weighted by Crippen LogP contribution is 2.02. The van der Waals surface area contributed by atoms with Crippen LogP contribution in [0.1, 0.15) is 13.3 Å². The fraction of sp³-hybridized carbons (Fsp3) is 0.500. The maximum atomic E-state index is 10.6. The minimum atomic E-state index is -0.298. The molecule has 5 nitrogen and oxygen atoms in total. The molecule has 3 N–H and O–H groups in total. The Balaban J connectivity index is 4.31. The summed E-state index contributed by atoms with van der Waals surface area (Å²) in [6, 6.07) is 0. The minimum absolute atomic E-state index is 0.0993. The summed E-state index contributed by atoms with van der Waals surface area (Å²) in [6.45, 7) is 1.90. The smallest absolute Gasteiger partial charge is 0.215 e. The van der Waals surface area contributed by atoms with E-state index in [0.29, 0.717) is 12.8 Å². The number of nitrogens with two attached hydrogens (primary N) is 1. The van der Waals surface area contributed by atoms with Crippen LogP contribution in [0.15, 0.2) is 12.3 Å². The van der Waals surface area contributed by atoms with Crippen LogP contribution in [-0.4, -0.2) is 30.5 Å². The molecule has 13 heavy (non-hydrogen) atoms. The first-order valence-corrected chi connectivity index (χ1v) is 3.93. The highest BCUT2D eigenvalue weighted by Gasteiger charge is 2.10. The molecule has 1 unspecified atom stereocenters. The molecule has 0 aliphatic carbocycles. The average Bonchev–Trinajstić information content (AvgIpc) is 2.11. The van der Waals surface area contributed by atoms with Crippen molar-refractivity contribution in [2.45, 2.75) is 19.6 Å². The lowest BCUT2D eigenvalue weighted by molar-refractivity contribution is -0.125. The fourth-order valence-corrected chi connectivity index (χ4v) is 0.865. The van der Waals surface area contributed by atoms with E-state index in [9.17, 15) is 4.79 Å². The Morgan fingerprint density at radius 3 is 2.69 bits per heavy atom. The van der Waals surface area contributed by atoms with Crippen molar-refractivity contribution in [1.29, 1.82) is 5.41 Å². The molecular formula is C8H15N3O2. The van der Waals surface area contributed by atoms with Gasteiger partial charge in [0.15, 0.2) is 0 Å². The molecule has 0 saturated heterocycles. The number of carbonyl (C=O) groups excluding carboxylic acids is 1. The van der Waals surface area contributed by atoms with Gasteiger partial charge in [-0.2, -0.15) is 0 Å². The molecule has 0 aliphatic heterocycles. The van der Waals surface area contributed by atoms with Crippen LogP contribution >= 0.6 is 0 Å². The predicted octanol–water partition coefficient (Wildman–Crippen LogP) is 0.277. The largest absolute Gasteiger partial charge is 0.384 e. The van der Waals surface area contributed by atoms with Crippen LogP contribution in [0.4, 0.5) is 0 Å². The van der Waals surface area contributed by atoms with E-state index in [1.807, 2.05) is 6.92 Å². The van der Waals surface area contributed by atoms with Crippen molar-refractivity contribution in [3.8, 4) is 0 Å². The first kappa shape index (κ1) is 11.6. The zero-order valence-electron chi connectivity index (χ0n) is 7.86. The average molecular weight is 185 g/mol. The van der Waals surface area contributed by atoms with Crippen LogP contribution in [0.2, 0.25) is 0 Å². The number of hydrogen-bond donors (Lipinski definition) is 2. The van der Waals surface area contributed by atoms with Gasteiger partial charge < -0.3 is 10.5 Å². The monoisotopic (exact) mass is 185 g/mol. The molecule has 0 spiro atoms. The molecule has 0 radical (unpaired) electrons.